The highest BCUT2D eigenvalue weighted by Crippen LogP contribution is 2.39. The van der Waals surface area contributed by atoms with Gasteiger partial charge >= 0.3 is 5.69 Å². The monoisotopic (exact) mass is 524 g/mol. The van der Waals surface area contributed by atoms with Crippen LogP contribution in [0.2, 0.25) is 5.02 Å². The van der Waals surface area contributed by atoms with Gasteiger partial charge in [-0.15, -0.1) is 11.3 Å². The van der Waals surface area contributed by atoms with Gasteiger partial charge in [-0.3, -0.25) is 14.3 Å². The van der Waals surface area contributed by atoms with Crippen molar-refractivity contribution in [2.75, 3.05) is 7.11 Å². The zero-order chi connectivity index (χ0) is 25.6. The van der Waals surface area contributed by atoms with Crippen LogP contribution in [-0.4, -0.2) is 21.2 Å². The van der Waals surface area contributed by atoms with Gasteiger partial charge in [0.05, 0.1) is 42.0 Å². The first-order chi connectivity index (χ1) is 17.3. The maximum absolute atomic E-state index is 14.1. The number of aromatic nitrogens is 3. The Morgan fingerprint density at radius 1 is 1.17 bits per heavy atom. The summed E-state index contributed by atoms with van der Waals surface area (Å²) in [6.45, 7) is 0.00924. The topological polar surface area (TPSA) is 89.9 Å². The number of rotatable bonds is 5. The number of hydrogen-bond acceptors (Lipinski definition) is 6. The maximum atomic E-state index is 14.1. The number of halogens is 3. The molecule has 3 aromatic heterocycles. The van der Waals surface area contributed by atoms with Gasteiger partial charge in [-0.05, 0) is 36.4 Å². The van der Waals surface area contributed by atoms with Gasteiger partial charge in [0.1, 0.15) is 10.5 Å². The quantitative estimate of drug-likeness (QED) is 0.312. The summed E-state index contributed by atoms with van der Waals surface area (Å²) < 4.78 is 35.7. The number of aryl methyl sites for hydroxylation is 1. The summed E-state index contributed by atoms with van der Waals surface area (Å²) in [5.74, 6) is -1.21. The number of nitrogens with zero attached hydrogens (tertiary/aromatic N) is 4. The van der Waals surface area contributed by atoms with Crippen LogP contribution in [0.5, 0.6) is 5.75 Å². The second-order valence-electron chi connectivity index (χ2n) is 7.80. The van der Waals surface area contributed by atoms with E-state index in [-0.39, 0.29) is 34.1 Å². The lowest BCUT2D eigenvalue weighted by Crippen LogP contribution is -2.38. The van der Waals surface area contributed by atoms with Gasteiger partial charge in [-0.2, -0.15) is 5.26 Å². The molecule has 0 amide bonds. The second kappa shape index (κ2) is 9.18. The molecule has 0 bridgehead atoms. The fourth-order valence-corrected chi connectivity index (χ4v) is 5.47. The van der Waals surface area contributed by atoms with Crippen LogP contribution in [0.4, 0.5) is 8.78 Å². The lowest BCUT2D eigenvalue weighted by atomic mass is 10.1. The van der Waals surface area contributed by atoms with Crippen LogP contribution in [0.25, 0.3) is 37.1 Å². The lowest BCUT2D eigenvalue weighted by Gasteiger charge is -2.12. The van der Waals surface area contributed by atoms with Crippen molar-refractivity contribution in [1.82, 2.24) is 14.1 Å². The molecule has 0 fully saturated rings. The molecule has 0 saturated carbocycles. The van der Waals surface area contributed by atoms with E-state index in [9.17, 15) is 18.4 Å². The molecule has 36 heavy (non-hydrogen) atoms. The largest absolute Gasteiger partial charge is 0.494 e. The zero-order valence-electron chi connectivity index (χ0n) is 18.6. The minimum absolute atomic E-state index is 0.00589. The molecule has 0 N–H and O–H groups in total. The number of methoxy groups -OCH3 is 1. The first-order valence-electron chi connectivity index (χ1n) is 10.6. The number of ether oxygens (including phenoxy) is 1. The summed E-state index contributed by atoms with van der Waals surface area (Å²) in [6, 6.07) is 10.1. The van der Waals surface area contributed by atoms with Gasteiger partial charge in [0, 0.05) is 34.0 Å². The zero-order valence-corrected chi connectivity index (χ0v) is 20.2. The first-order valence-corrected chi connectivity index (χ1v) is 11.8. The van der Waals surface area contributed by atoms with E-state index >= 15 is 0 Å². The Morgan fingerprint density at radius 3 is 2.72 bits per heavy atom. The molecule has 180 valence electrons. The van der Waals surface area contributed by atoms with Gasteiger partial charge < -0.3 is 4.74 Å². The van der Waals surface area contributed by atoms with E-state index in [1.807, 2.05) is 6.07 Å². The van der Waals surface area contributed by atoms with Crippen LogP contribution in [0.3, 0.4) is 0 Å². The first kappa shape index (κ1) is 23.7. The molecule has 7 nitrogen and oxygen atoms in total. The van der Waals surface area contributed by atoms with E-state index in [0.717, 1.165) is 22.0 Å². The average Bonchev–Trinajstić information content (AvgIpc) is 3.29. The van der Waals surface area contributed by atoms with Crippen LogP contribution in [-0.2, 0) is 6.54 Å². The molecular weight excluding hydrogens is 510 g/mol. The van der Waals surface area contributed by atoms with Crippen molar-refractivity contribution in [2.24, 2.45) is 0 Å². The summed E-state index contributed by atoms with van der Waals surface area (Å²) in [7, 11) is 1.32. The number of nitriles is 1. The summed E-state index contributed by atoms with van der Waals surface area (Å²) in [5, 5.41) is 10.1. The molecule has 0 aliphatic rings. The summed E-state index contributed by atoms with van der Waals surface area (Å²) >= 11 is 7.35. The van der Waals surface area contributed by atoms with Crippen molar-refractivity contribution in [3.05, 3.63) is 86.3 Å². The summed E-state index contributed by atoms with van der Waals surface area (Å²) in [6.07, 6.45) is 2.83. The highest BCUT2D eigenvalue weighted by Gasteiger charge is 2.21. The standard InChI is InChI=1S/C25H15ClF2N4O3S/c1-35-21-8-16(17(26)9-18(21)28)22-10-19-23(36-22)24(33)32(25(34)31(19)6-2-5-29)20-12-30-11-13-3-4-14(27)7-15(13)20/h3-4,7-12H,2,6H2,1H3. The van der Waals surface area contributed by atoms with E-state index in [0.29, 0.717) is 26.7 Å². The lowest BCUT2D eigenvalue weighted by molar-refractivity contribution is 0.387. The maximum Gasteiger partial charge on any atom is 0.336 e. The third-order valence-corrected chi connectivity index (χ3v) is 7.18. The molecule has 0 aliphatic carbocycles. The Bertz CT molecular complexity index is 1840. The van der Waals surface area contributed by atoms with Gasteiger partial charge in [0.15, 0.2) is 11.6 Å². The van der Waals surface area contributed by atoms with Crippen LogP contribution in [0, 0.1) is 23.0 Å². The van der Waals surface area contributed by atoms with Gasteiger partial charge in [0.25, 0.3) is 5.56 Å². The van der Waals surface area contributed by atoms with E-state index in [2.05, 4.69) is 4.98 Å². The molecule has 2 aromatic carbocycles. The van der Waals surface area contributed by atoms with Crippen molar-refractivity contribution in [2.45, 2.75) is 13.0 Å². The second-order valence-corrected chi connectivity index (χ2v) is 9.26. The molecule has 0 unspecified atom stereocenters. The number of hydrogen-bond donors (Lipinski definition) is 0. The molecule has 0 atom stereocenters. The molecule has 3 heterocycles. The number of pyridine rings is 1. The third-order valence-electron chi connectivity index (χ3n) is 5.72. The number of fused-ring (bicyclic) bond motifs is 2. The Morgan fingerprint density at radius 2 is 1.97 bits per heavy atom. The Kier molecular flexibility index (Phi) is 6.04. The Labute approximate surface area is 211 Å². The fourth-order valence-electron chi connectivity index (χ4n) is 4.04. The summed E-state index contributed by atoms with van der Waals surface area (Å²) in [5.41, 5.74) is -0.506. The van der Waals surface area contributed by atoms with Crippen molar-refractivity contribution in [1.29, 1.82) is 5.26 Å². The molecule has 5 aromatic rings. The van der Waals surface area contributed by atoms with Crippen LogP contribution < -0.4 is 16.0 Å². The average molecular weight is 525 g/mol. The van der Waals surface area contributed by atoms with Crippen LogP contribution >= 0.6 is 22.9 Å². The highest BCUT2D eigenvalue weighted by molar-refractivity contribution is 7.22. The van der Waals surface area contributed by atoms with E-state index in [1.54, 1.807) is 6.07 Å². The van der Waals surface area contributed by atoms with Crippen LogP contribution in [0.1, 0.15) is 6.42 Å². The number of thiophene rings is 1. The molecule has 11 heteroatoms. The molecule has 0 radical (unpaired) electrons. The molecule has 5 rings (SSSR count). The minimum atomic E-state index is -0.701. The van der Waals surface area contributed by atoms with Gasteiger partial charge in [-0.1, -0.05) is 11.6 Å². The Balaban J connectivity index is 1.85. The van der Waals surface area contributed by atoms with E-state index < -0.39 is 22.9 Å². The van der Waals surface area contributed by atoms with Crippen molar-refractivity contribution >= 4 is 43.9 Å². The minimum Gasteiger partial charge on any atom is -0.494 e. The molecule has 0 spiro atoms. The normalized spacial score (nSPS) is 11.2. The smallest absolute Gasteiger partial charge is 0.336 e. The van der Waals surface area contributed by atoms with E-state index in [1.165, 1.54) is 48.3 Å². The van der Waals surface area contributed by atoms with Crippen molar-refractivity contribution in [3.8, 4) is 27.9 Å². The predicted molar refractivity (Wildman–Crippen MR) is 134 cm³/mol. The molecule has 0 aliphatic heterocycles. The van der Waals surface area contributed by atoms with E-state index in [4.69, 9.17) is 21.6 Å². The fraction of sp³-hybridized carbons (Fsp3) is 0.120. The third kappa shape index (κ3) is 3.82. The number of benzene rings is 2. The molecule has 0 saturated heterocycles. The van der Waals surface area contributed by atoms with Gasteiger partial charge in [0.2, 0.25) is 0 Å². The molecular formula is C25H15ClF2N4O3S. The highest BCUT2D eigenvalue weighted by atomic mass is 35.5. The van der Waals surface area contributed by atoms with Gasteiger partial charge in [-0.25, -0.2) is 18.1 Å². The Hall–Kier alpha value is -4.07. The van der Waals surface area contributed by atoms with Crippen molar-refractivity contribution in [3.63, 3.8) is 0 Å². The van der Waals surface area contributed by atoms with Crippen LogP contribution in [0.15, 0.2) is 58.4 Å². The van der Waals surface area contributed by atoms with Crippen molar-refractivity contribution < 1.29 is 13.5 Å². The SMILES string of the molecule is COc1cc(-c2cc3c(s2)c(=O)n(-c2cncc4ccc(F)cc24)c(=O)n3CCC#N)c(Cl)cc1F. The predicted octanol–water partition coefficient (Wildman–Crippen LogP) is 5.28. The summed E-state index contributed by atoms with van der Waals surface area (Å²) in [4.78, 5) is 31.9.